The quantitative estimate of drug-likeness (QED) is 0.849. The molecule has 0 saturated heterocycles. The van der Waals surface area contributed by atoms with Crippen molar-refractivity contribution in [3.8, 4) is 0 Å². The number of amides is 1. The third kappa shape index (κ3) is 3.52. The van der Waals surface area contributed by atoms with E-state index in [2.05, 4.69) is 15.3 Å². The molecule has 8 heteroatoms. The Bertz CT molecular complexity index is 747. The molecule has 0 spiro atoms. The first-order valence-electron chi connectivity index (χ1n) is 8.43. The van der Waals surface area contributed by atoms with Crippen LogP contribution in [0.25, 0.3) is 0 Å². The maximum Gasteiger partial charge on any atom is 0.261 e. The molecule has 25 heavy (non-hydrogen) atoms. The number of halogens is 2. The van der Waals surface area contributed by atoms with Gasteiger partial charge in [0.25, 0.3) is 5.91 Å². The van der Waals surface area contributed by atoms with Gasteiger partial charge in [0.05, 0.1) is 35.9 Å². The van der Waals surface area contributed by atoms with Gasteiger partial charge >= 0.3 is 0 Å². The Morgan fingerprint density at radius 3 is 2.84 bits per heavy atom. The third-order valence-electron chi connectivity index (χ3n) is 4.68. The highest BCUT2D eigenvalue weighted by atomic mass is 19.3. The Hall–Kier alpha value is -2.38. The van der Waals surface area contributed by atoms with Crippen LogP contribution in [-0.2, 0) is 0 Å². The second kappa shape index (κ2) is 6.85. The summed E-state index contributed by atoms with van der Waals surface area (Å²) in [6.45, 7) is 4.07. The maximum atomic E-state index is 13.7. The minimum atomic E-state index is -2.66. The fourth-order valence-corrected chi connectivity index (χ4v) is 3.39. The molecule has 2 aromatic rings. The van der Waals surface area contributed by atoms with Crippen LogP contribution in [0.1, 0.15) is 54.7 Å². The number of anilines is 1. The molecule has 2 aromatic heterocycles. The highest BCUT2D eigenvalue weighted by Gasteiger charge is 2.38. The Labute approximate surface area is 144 Å². The van der Waals surface area contributed by atoms with Crippen LogP contribution in [0.3, 0.4) is 0 Å². The monoisotopic (exact) mass is 349 g/mol. The lowest BCUT2D eigenvalue weighted by atomic mass is 9.92. The lowest BCUT2D eigenvalue weighted by Gasteiger charge is -2.29. The summed E-state index contributed by atoms with van der Waals surface area (Å²) in [5, 5.41) is 11.8. The van der Waals surface area contributed by atoms with Gasteiger partial charge in [-0.25, -0.2) is 8.78 Å². The van der Waals surface area contributed by atoms with Crippen molar-refractivity contribution in [2.24, 2.45) is 0 Å². The van der Waals surface area contributed by atoms with Crippen LogP contribution in [0, 0.1) is 6.92 Å². The first-order valence-corrected chi connectivity index (χ1v) is 8.43. The number of alkyl halides is 2. The largest absolute Gasteiger partial charge is 0.307 e. The Morgan fingerprint density at radius 1 is 1.40 bits per heavy atom. The van der Waals surface area contributed by atoms with Gasteiger partial charge in [-0.1, -0.05) is 0 Å². The molecule has 2 heterocycles. The normalized spacial score (nSPS) is 19.6. The van der Waals surface area contributed by atoms with Crippen molar-refractivity contribution in [1.29, 1.82) is 0 Å². The van der Waals surface area contributed by atoms with Crippen molar-refractivity contribution < 1.29 is 13.6 Å². The summed E-state index contributed by atoms with van der Waals surface area (Å²) < 4.78 is 29.0. The van der Waals surface area contributed by atoms with Gasteiger partial charge in [0.1, 0.15) is 0 Å². The van der Waals surface area contributed by atoms with Crippen LogP contribution in [-0.4, -0.2) is 38.4 Å². The second-order valence-electron chi connectivity index (χ2n) is 6.34. The number of rotatable bonds is 4. The molecule has 0 bridgehead atoms. The van der Waals surface area contributed by atoms with Crippen molar-refractivity contribution in [2.75, 3.05) is 11.4 Å². The minimum Gasteiger partial charge on any atom is -0.307 e. The predicted molar refractivity (Wildman–Crippen MR) is 88.8 cm³/mol. The lowest BCUT2D eigenvalue weighted by molar-refractivity contribution is -0.0514. The SMILES string of the molecule is CCN(C(=O)c1cnn(C2CCCC(F)(F)C2)c1C)c1ccnnc1. The molecular weight excluding hydrogens is 328 g/mol. The first-order chi connectivity index (χ1) is 11.9. The van der Waals surface area contributed by atoms with Gasteiger partial charge in [0.15, 0.2) is 0 Å². The Balaban J connectivity index is 1.86. The second-order valence-corrected chi connectivity index (χ2v) is 6.34. The van der Waals surface area contributed by atoms with Crippen LogP contribution < -0.4 is 4.90 Å². The first kappa shape index (κ1) is 17.4. The molecule has 3 rings (SSSR count). The maximum absolute atomic E-state index is 13.7. The molecule has 1 aliphatic rings. The average Bonchev–Trinajstić information content (AvgIpc) is 2.97. The van der Waals surface area contributed by atoms with Crippen LogP contribution in [0.15, 0.2) is 24.7 Å². The molecule has 0 N–H and O–H groups in total. The van der Waals surface area contributed by atoms with Gasteiger partial charge in [-0.3, -0.25) is 9.48 Å². The van der Waals surface area contributed by atoms with Crippen molar-refractivity contribution in [3.63, 3.8) is 0 Å². The Morgan fingerprint density at radius 2 is 2.20 bits per heavy atom. The number of hydrogen-bond donors (Lipinski definition) is 0. The molecular formula is C17H21F2N5O. The van der Waals surface area contributed by atoms with Gasteiger partial charge in [0.2, 0.25) is 5.92 Å². The molecule has 1 aliphatic carbocycles. The molecule has 1 atom stereocenters. The standard InChI is InChI=1S/C17H21F2N5O/c1-3-23(14-6-8-20-21-10-14)16(25)15-11-22-24(12(15)2)13-5-4-7-17(18,19)9-13/h6,8,10-11,13H,3-5,7,9H2,1-2H3. The number of carbonyl (C=O) groups excluding carboxylic acids is 1. The van der Waals surface area contributed by atoms with E-state index in [1.807, 2.05) is 6.92 Å². The van der Waals surface area contributed by atoms with Gasteiger partial charge in [-0.2, -0.15) is 15.3 Å². The summed E-state index contributed by atoms with van der Waals surface area (Å²) >= 11 is 0. The lowest BCUT2D eigenvalue weighted by Crippen LogP contribution is -2.32. The smallest absolute Gasteiger partial charge is 0.261 e. The molecule has 0 radical (unpaired) electrons. The van der Waals surface area contributed by atoms with E-state index in [0.717, 1.165) is 0 Å². The molecule has 0 aromatic carbocycles. The molecule has 0 aliphatic heterocycles. The van der Waals surface area contributed by atoms with Crippen molar-refractivity contribution in [1.82, 2.24) is 20.0 Å². The van der Waals surface area contributed by atoms with Crippen LogP contribution >= 0.6 is 0 Å². The van der Waals surface area contributed by atoms with Crippen LogP contribution in [0.5, 0.6) is 0 Å². The fraction of sp³-hybridized carbons (Fsp3) is 0.529. The minimum absolute atomic E-state index is 0.0751. The van der Waals surface area contributed by atoms with E-state index < -0.39 is 5.92 Å². The zero-order valence-electron chi connectivity index (χ0n) is 14.3. The highest BCUT2D eigenvalue weighted by molar-refractivity contribution is 6.06. The summed E-state index contributed by atoms with van der Waals surface area (Å²) in [6.07, 6.45) is 5.32. The predicted octanol–water partition coefficient (Wildman–Crippen LogP) is 3.40. The molecule has 1 saturated carbocycles. The van der Waals surface area contributed by atoms with Crippen molar-refractivity contribution in [3.05, 3.63) is 35.9 Å². The molecule has 134 valence electrons. The number of carbonyl (C=O) groups is 1. The topological polar surface area (TPSA) is 63.9 Å². The summed E-state index contributed by atoms with van der Waals surface area (Å²) in [5.74, 6) is -2.88. The van der Waals surface area contributed by atoms with Gasteiger partial charge in [-0.15, -0.1) is 0 Å². The third-order valence-corrected chi connectivity index (χ3v) is 4.68. The summed E-state index contributed by atoms with van der Waals surface area (Å²) in [6, 6.07) is 1.33. The molecule has 6 nitrogen and oxygen atoms in total. The van der Waals surface area contributed by atoms with E-state index in [-0.39, 0.29) is 24.8 Å². The van der Waals surface area contributed by atoms with Crippen LogP contribution in [0.4, 0.5) is 14.5 Å². The number of aromatic nitrogens is 4. The van der Waals surface area contributed by atoms with Gasteiger partial charge < -0.3 is 4.90 Å². The van der Waals surface area contributed by atoms with E-state index >= 15 is 0 Å². The average molecular weight is 349 g/mol. The number of hydrogen-bond acceptors (Lipinski definition) is 4. The van der Waals surface area contributed by atoms with Crippen molar-refractivity contribution >= 4 is 11.6 Å². The van der Waals surface area contributed by atoms with E-state index in [4.69, 9.17) is 0 Å². The summed E-state index contributed by atoms with van der Waals surface area (Å²) in [7, 11) is 0. The number of nitrogens with zero attached hydrogens (tertiary/aromatic N) is 5. The summed E-state index contributed by atoms with van der Waals surface area (Å²) in [5.41, 5.74) is 1.68. The molecule has 1 fully saturated rings. The van der Waals surface area contributed by atoms with Crippen LogP contribution in [0.2, 0.25) is 0 Å². The summed E-state index contributed by atoms with van der Waals surface area (Å²) in [4.78, 5) is 14.5. The molecule has 1 unspecified atom stereocenters. The molecule has 1 amide bonds. The van der Waals surface area contributed by atoms with Crippen molar-refractivity contribution in [2.45, 2.75) is 51.5 Å². The Kier molecular flexibility index (Phi) is 4.78. The highest BCUT2D eigenvalue weighted by Crippen LogP contribution is 2.39. The van der Waals surface area contributed by atoms with Gasteiger partial charge in [-0.05, 0) is 32.8 Å². The van der Waals surface area contributed by atoms with E-state index in [1.165, 1.54) is 18.6 Å². The zero-order chi connectivity index (χ0) is 18.0. The van der Waals surface area contributed by atoms with E-state index in [9.17, 15) is 13.6 Å². The zero-order valence-corrected chi connectivity index (χ0v) is 14.3. The van der Waals surface area contributed by atoms with E-state index in [1.54, 1.807) is 22.6 Å². The van der Waals surface area contributed by atoms with Gasteiger partial charge in [0, 0.05) is 25.1 Å². The fourth-order valence-electron chi connectivity index (χ4n) is 3.39. The van der Waals surface area contributed by atoms with E-state index in [0.29, 0.717) is 36.3 Å².